The predicted molar refractivity (Wildman–Crippen MR) is 63.5 cm³/mol. The number of piperidine rings is 1. The van der Waals surface area contributed by atoms with E-state index < -0.39 is 0 Å². The summed E-state index contributed by atoms with van der Waals surface area (Å²) in [6.45, 7) is 4.57. The molecule has 1 fully saturated rings. The van der Waals surface area contributed by atoms with Gasteiger partial charge in [0.15, 0.2) is 0 Å². The van der Waals surface area contributed by atoms with Crippen molar-refractivity contribution in [3.63, 3.8) is 0 Å². The van der Waals surface area contributed by atoms with Crippen molar-refractivity contribution in [1.29, 1.82) is 0 Å². The minimum Gasteiger partial charge on any atom is -0.338 e. The first-order chi connectivity index (χ1) is 8.25. The Hall–Kier alpha value is -1.59. The monoisotopic (exact) mass is 237 g/mol. The van der Waals surface area contributed by atoms with Gasteiger partial charge in [0.05, 0.1) is 0 Å². The van der Waals surface area contributed by atoms with Gasteiger partial charge in [-0.3, -0.25) is 5.10 Å². The number of hydrogen-bond donors (Lipinski definition) is 2. The minimum absolute atomic E-state index is 0.0383. The molecule has 2 amide bonds. The molecule has 0 unspecified atom stereocenters. The fourth-order valence-corrected chi connectivity index (χ4v) is 1.96. The molecule has 6 nitrogen and oxygen atoms in total. The molecule has 1 aromatic rings. The number of urea groups is 1. The third-order valence-corrected chi connectivity index (χ3v) is 3.17. The van der Waals surface area contributed by atoms with Crippen LogP contribution in [0.5, 0.6) is 0 Å². The number of nitrogens with one attached hydrogen (secondary N) is 2. The van der Waals surface area contributed by atoms with Crippen LogP contribution >= 0.6 is 0 Å². The van der Waals surface area contributed by atoms with E-state index in [1.54, 1.807) is 0 Å². The van der Waals surface area contributed by atoms with Crippen molar-refractivity contribution < 1.29 is 4.79 Å². The van der Waals surface area contributed by atoms with E-state index in [1.165, 1.54) is 6.33 Å². The molecule has 0 radical (unpaired) electrons. The SMILES string of the molecule is CC1CCN(C(=O)NCCc2ncn[nH]2)CC1. The number of amides is 2. The number of aromatic nitrogens is 3. The number of rotatable bonds is 3. The van der Waals surface area contributed by atoms with Crippen LogP contribution in [0.25, 0.3) is 0 Å². The summed E-state index contributed by atoms with van der Waals surface area (Å²) in [6, 6.07) is 0.0383. The van der Waals surface area contributed by atoms with Crippen molar-refractivity contribution in [3.05, 3.63) is 12.2 Å². The molecular weight excluding hydrogens is 218 g/mol. The molecule has 0 aliphatic carbocycles. The van der Waals surface area contributed by atoms with Gasteiger partial charge in [0, 0.05) is 26.1 Å². The number of hydrogen-bond acceptors (Lipinski definition) is 3. The van der Waals surface area contributed by atoms with E-state index in [1.807, 2.05) is 4.90 Å². The summed E-state index contributed by atoms with van der Waals surface area (Å²) in [4.78, 5) is 17.7. The van der Waals surface area contributed by atoms with Gasteiger partial charge in [0.2, 0.25) is 0 Å². The van der Waals surface area contributed by atoms with Crippen LogP contribution in [-0.4, -0.2) is 45.7 Å². The lowest BCUT2D eigenvalue weighted by Crippen LogP contribution is -2.44. The Morgan fingerprint density at radius 3 is 3.00 bits per heavy atom. The Bertz CT molecular complexity index is 343. The quantitative estimate of drug-likeness (QED) is 0.816. The molecule has 1 aliphatic rings. The van der Waals surface area contributed by atoms with Crippen LogP contribution in [-0.2, 0) is 6.42 Å². The largest absolute Gasteiger partial charge is 0.338 e. The first-order valence-corrected chi connectivity index (χ1v) is 6.12. The molecule has 2 rings (SSSR count). The van der Waals surface area contributed by atoms with E-state index in [0.717, 1.165) is 37.7 Å². The van der Waals surface area contributed by atoms with Crippen molar-refractivity contribution in [3.8, 4) is 0 Å². The molecule has 0 spiro atoms. The second-order valence-corrected chi connectivity index (χ2v) is 4.58. The first-order valence-electron chi connectivity index (χ1n) is 6.12. The third kappa shape index (κ3) is 3.44. The molecule has 1 aliphatic heterocycles. The highest BCUT2D eigenvalue weighted by atomic mass is 16.2. The fourth-order valence-electron chi connectivity index (χ4n) is 1.96. The average Bonchev–Trinajstić information content (AvgIpc) is 2.83. The standard InChI is InChI=1S/C11H19N5O/c1-9-3-6-16(7-4-9)11(17)12-5-2-10-13-8-14-15-10/h8-9H,2-7H2,1H3,(H,12,17)(H,13,14,15). The zero-order chi connectivity index (χ0) is 12.1. The molecule has 0 bridgehead atoms. The summed E-state index contributed by atoms with van der Waals surface area (Å²) in [5.41, 5.74) is 0. The van der Waals surface area contributed by atoms with Gasteiger partial charge in [-0.2, -0.15) is 5.10 Å². The zero-order valence-corrected chi connectivity index (χ0v) is 10.1. The van der Waals surface area contributed by atoms with Gasteiger partial charge < -0.3 is 10.2 Å². The van der Waals surface area contributed by atoms with Gasteiger partial charge in [0.25, 0.3) is 0 Å². The van der Waals surface area contributed by atoms with Crippen molar-refractivity contribution in [1.82, 2.24) is 25.4 Å². The molecule has 0 aromatic carbocycles. The Balaban J connectivity index is 1.67. The fraction of sp³-hybridized carbons (Fsp3) is 0.727. The topological polar surface area (TPSA) is 73.9 Å². The van der Waals surface area contributed by atoms with Gasteiger partial charge in [-0.1, -0.05) is 6.92 Å². The van der Waals surface area contributed by atoms with Crippen LogP contribution in [0.1, 0.15) is 25.6 Å². The Labute approximate surface area is 101 Å². The Morgan fingerprint density at radius 1 is 1.59 bits per heavy atom. The third-order valence-electron chi connectivity index (χ3n) is 3.17. The van der Waals surface area contributed by atoms with E-state index in [0.29, 0.717) is 13.0 Å². The van der Waals surface area contributed by atoms with E-state index in [4.69, 9.17) is 0 Å². The van der Waals surface area contributed by atoms with Gasteiger partial charge in [-0.25, -0.2) is 9.78 Å². The van der Waals surface area contributed by atoms with Gasteiger partial charge in [-0.15, -0.1) is 0 Å². The number of H-pyrrole nitrogens is 1. The van der Waals surface area contributed by atoms with Crippen molar-refractivity contribution in [2.24, 2.45) is 5.92 Å². The maximum absolute atomic E-state index is 11.8. The number of nitrogens with zero attached hydrogens (tertiary/aromatic N) is 3. The van der Waals surface area contributed by atoms with Gasteiger partial charge in [0.1, 0.15) is 12.2 Å². The lowest BCUT2D eigenvalue weighted by molar-refractivity contribution is 0.174. The molecule has 94 valence electrons. The molecule has 1 aromatic heterocycles. The number of aromatic amines is 1. The summed E-state index contributed by atoms with van der Waals surface area (Å²) in [6.07, 6.45) is 4.38. The minimum atomic E-state index is 0.0383. The van der Waals surface area contributed by atoms with Gasteiger partial charge >= 0.3 is 6.03 Å². The van der Waals surface area contributed by atoms with Crippen molar-refractivity contribution >= 4 is 6.03 Å². The summed E-state index contributed by atoms with van der Waals surface area (Å²) >= 11 is 0. The number of likely N-dealkylation sites (tertiary alicyclic amines) is 1. The highest BCUT2D eigenvalue weighted by Gasteiger charge is 2.19. The van der Waals surface area contributed by atoms with Crippen LogP contribution in [0.2, 0.25) is 0 Å². The number of carbonyl (C=O) groups is 1. The molecule has 2 N–H and O–H groups in total. The summed E-state index contributed by atoms with van der Waals surface area (Å²) in [5.74, 6) is 1.55. The molecule has 0 atom stereocenters. The Morgan fingerprint density at radius 2 is 2.35 bits per heavy atom. The normalized spacial score (nSPS) is 17.1. The second kappa shape index (κ2) is 5.65. The molecule has 6 heteroatoms. The highest BCUT2D eigenvalue weighted by molar-refractivity contribution is 5.74. The average molecular weight is 237 g/mol. The summed E-state index contributed by atoms with van der Waals surface area (Å²) in [5, 5.41) is 9.43. The van der Waals surface area contributed by atoms with E-state index in [-0.39, 0.29) is 6.03 Å². The highest BCUT2D eigenvalue weighted by Crippen LogP contribution is 2.15. The van der Waals surface area contributed by atoms with Crippen LogP contribution < -0.4 is 5.32 Å². The molecule has 17 heavy (non-hydrogen) atoms. The number of carbonyl (C=O) groups excluding carboxylic acids is 1. The van der Waals surface area contributed by atoms with Crippen molar-refractivity contribution in [2.75, 3.05) is 19.6 Å². The maximum Gasteiger partial charge on any atom is 0.317 e. The van der Waals surface area contributed by atoms with E-state index in [2.05, 4.69) is 27.4 Å². The summed E-state index contributed by atoms with van der Waals surface area (Å²) in [7, 11) is 0. The molecule has 1 saturated heterocycles. The first kappa shape index (κ1) is 11.9. The van der Waals surface area contributed by atoms with E-state index in [9.17, 15) is 4.79 Å². The molecule has 2 heterocycles. The lowest BCUT2D eigenvalue weighted by Gasteiger charge is -2.30. The van der Waals surface area contributed by atoms with Gasteiger partial charge in [-0.05, 0) is 18.8 Å². The second-order valence-electron chi connectivity index (χ2n) is 4.58. The molecular formula is C11H19N5O. The van der Waals surface area contributed by atoms with Crippen LogP contribution in [0.4, 0.5) is 4.79 Å². The smallest absolute Gasteiger partial charge is 0.317 e. The van der Waals surface area contributed by atoms with Crippen LogP contribution in [0.3, 0.4) is 0 Å². The van der Waals surface area contributed by atoms with E-state index >= 15 is 0 Å². The van der Waals surface area contributed by atoms with Crippen molar-refractivity contribution in [2.45, 2.75) is 26.2 Å². The van der Waals surface area contributed by atoms with Crippen LogP contribution in [0, 0.1) is 5.92 Å². The lowest BCUT2D eigenvalue weighted by atomic mass is 10.00. The zero-order valence-electron chi connectivity index (χ0n) is 10.1. The van der Waals surface area contributed by atoms with Crippen LogP contribution in [0.15, 0.2) is 6.33 Å². The molecule has 0 saturated carbocycles. The maximum atomic E-state index is 11.8. The predicted octanol–water partition coefficient (Wildman–Crippen LogP) is 0.789. The Kier molecular flexibility index (Phi) is 3.95. The summed E-state index contributed by atoms with van der Waals surface area (Å²) < 4.78 is 0.